The molecule has 0 aliphatic heterocycles. The summed E-state index contributed by atoms with van der Waals surface area (Å²) >= 11 is 16.0. The van der Waals surface area contributed by atoms with Crippen LogP contribution in [0.25, 0.3) is 0 Å². The zero-order valence-corrected chi connectivity index (χ0v) is 13.9. The molecule has 0 N–H and O–H groups in total. The van der Waals surface area contributed by atoms with Gasteiger partial charge in [0.2, 0.25) is 0 Å². The molecule has 2 aromatic rings. The van der Waals surface area contributed by atoms with Crippen LogP contribution in [0.15, 0.2) is 45.8 Å². The number of carbonyl (C=O) groups is 1. The third-order valence-corrected chi connectivity index (χ3v) is 4.99. The van der Waals surface area contributed by atoms with Gasteiger partial charge < -0.3 is 0 Å². The topological polar surface area (TPSA) is 17.1 Å². The van der Waals surface area contributed by atoms with E-state index in [0.29, 0.717) is 9.50 Å². The van der Waals surface area contributed by atoms with Gasteiger partial charge in [-0.25, -0.2) is 4.39 Å². The van der Waals surface area contributed by atoms with Gasteiger partial charge >= 0.3 is 0 Å². The molecule has 0 aliphatic rings. The fourth-order valence-corrected chi connectivity index (χ4v) is 3.09. The average Bonchev–Trinajstić information content (AvgIpc) is 2.42. The van der Waals surface area contributed by atoms with Gasteiger partial charge in [-0.1, -0.05) is 29.3 Å². The van der Waals surface area contributed by atoms with Crippen LogP contribution in [0, 0.1) is 5.82 Å². The van der Waals surface area contributed by atoms with Gasteiger partial charge in [-0.05, 0) is 46.3 Å². The summed E-state index contributed by atoms with van der Waals surface area (Å²) < 4.78 is 14.3. The summed E-state index contributed by atoms with van der Waals surface area (Å²) in [4.78, 5) is 12.9. The van der Waals surface area contributed by atoms with E-state index in [1.165, 1.54) is 17.8 Å². The first-order valence-corrected chi connectivity index (χ1v) is 8.07. The fraction of sp³-hybridized carbons (Fsp3) is 0.0714. The minimum Gasteiger partial charge on any atom is -0.293 e. The largest absolute Gasteiger partial charge is 0.293 e. The number of benzene rings is 2. The van der Waals surface area contributed by atoms with Crippen LogP contribution in [0.3, 0.4) is 0 Å². The molecule has 0 fully saturated rings. The standard InChI is InChI=1S/C14H8BrCl2FOS/c15-11-5-4-10(14(18)13(11)17)12(19)7-20-9-3-1-2-8(16)6-9/h1-6H,7H2. The molecule has 0 atom stereocenters. The Morgan fingerprint density at radius 1 is 1.25 bits per heavy atom. The molecule has 0 radical (unpaired) electrons. The van der Waals surface area contributed by atoms with Crippen LogP contribution in [0.2, 0.25) is 10.0 Å². The Balaban J connectivity index is 2.11. The first-order chi connectivity index (χ1) is 9.49. The molecule has 0 aliphatic carbocycles. The molecule has 0 spiro atoms. The van der Waals surface area contributed by atoms with E-state index in [1.807, 2.05) is 6.07 Å². The molecular formula is C14H8BrCl2FOS. The average molecular weight is 394 g/mol. The quantitative estimate of drug-likeness (QED) is 0.367. The van der Waals surface area contributed by atoms with E-state index < -0.39 is 5.82 Å². The summed E-state index contributed by atoms with van der Waals surface area (Å²) in [5, 5.41) is 0.518. The lowest BCUT2D eigenvalue weighted by Gasteiger charge is -2.06. The Morgan fingerprint density at radius 3 is 2.70 bits per heavy atom. The molecule has 0 bridgehead atoms. The first kappa shape index (κ1) is 15.8. The van der Waals surface area contributed by atoms with Crippen molar-refractivity contribution in [3.63, 3.8) is 0 Å². The summed E-state index contributed by atoms with van der Waals surface area (Å²) in [5.74, 6) is -0.894. The van der Waals surface area contributed by atoms with Crippen LogP contribution < -0.4 is 0 Å². The van der Waals surface area contributed by atoms with Crippen LogP contribution in [-0.4, -0.2) is 11.5 Å². The van der Waals surface area contributed by atoms with Crippen LogP contribution in [0.5, 0.6) is 0 Å². The zero-order chi connectivity index (χ0) is 14.7. The van der Waals surface area contributed by atoms with Crippen molar-refractivity contribution in [3.8, 4) is 0 Å². The third kappa shape index (κ3) is 3.76. The SMILES string of the molecule is O=C(CSc1cccc(Cl)c1)c1ccc(Br)c(Cl)c1F. The molecule has 0 saturated carbocycles. The Hall–Kier alpha value is -0.550. The summed E-state index contributed by atoms with van der Waals surface area (Å²) in [5.41, 5.74) is -0.00673. The fourth-order valence-electron chi connectivity index (χ4n) is 1.52. The van der Waals surface area contributed by atoms with E-state index in [2.05, 4.69) is 15.9 Å². The summed E-state index contributed by atoms with van der Waals surface area (Å²) in [7, 11) is 0. The second kappa shape index (κ2) is 6.94. The van der Waals surface area contributed by atoms with Gasteiger partial charge in [0.1, 0.15) is 0 Å². The Bertz CT molecular complexity index is 664. The molecular weight excluding hydrogens is 386 g/mol. The molecule has 2 aromatic carbocycles. The van der Waals surface area contributed by atoms with Crippen molar-refractivity contribution in [2.45, 2.75) is 4.90 Å². The zero-order valence-electron chi connectivity index (χ0n) is 10.00. The van der Waals surface area contributed by atoms with Crippen LogP contribution in [0.4, 0.5) is 4.39 Å². The number of Topliss-reactive ketones (excluding diaryl/α,β-unsaturated/α-hetero) is 1. The van der Waals surface area contributed by atoms with Gasteiger partial charge in [-0.2, -0.15) is 0 Å². The highest BCUT2D eigenvalue weighted by molar-refractivity contribution is 9.10. The van der Waals surface area contributed by atoms with Crippen LogP contribution >= 0.6 is 50.9 Å². The number of rotatable bonds is 4. The summed E-state index contributed by atoms with van der Waals surface area (Å²) in [6, 6.07) is 10.1. The molecule has 6 heteroatoms. The maximum atomic E-state index is 13.9. The number of thioether (sulfide) groups is 1. The predicted molar refractivity (Wildman–Crippen MR) is 85.6 cm³/mol. The Kier molecular flexibility index (Phi) is 5.49. The number of hydrogen-bond acceptors (Lipinski definition) is 2. The van der Waals surface area contributed by atoms with Crippen molar-refractivity contribution in [2.24, 2.45) is 0 Å². The monoisotopic (exact) mass is 392 g/mol. The van der Waals surface area contributed by atoms with Crippen molar-refractivity contribution in [2.75, 3.05) is 5.75 Å². The molecule has 2 rings (SSSR count). The Morgan fingerprint density at radius 2 is 2.00 bits per heavy atom. The van der Waals surface area contributed by atoms with Crippen molar-refractivity contribution in [3.05, 3.63) is 62.3 Å². The highest BCUT2D eigenvalue weighted by Gasteiger charge is 2.16. The second-order valence-corrected chi connectivity index (χ2v) is 6.61. The molecule has 1 nitrogen and oxygen atoms in total. The molecule has 104 valence electrons. The van der Waals surface area contributed by atoms with E-state index in [1.54, 1.807) is 24.3 Å². The van der Waals surface area contributed by atoms with Crippen molar-refractivity contribution in [1.29, 1.82) is 0 Å². The molecule has 20 heavy (non-hydrogen) atoms. The summed E-state index contributed by atoms with van der Waals surface area (Å²) in [6.07, 6.45) is 0. The van der Waals surface area contributed by atoms with Crippen LogP contribution in [-0.2, 0) is 0 Å². The van der Waals surface area contributed by atoms with E-state index >= 15 is 0 Å². The molecule has 0 unspecified atom stereocenters. The first-order valence-electron chi connectivity index (χ1n) is 5.54. The normalized spacial score (nSPS) is 10.6. The summed E-state index contributed by atoms with van der Waals surface area (Å²) in [6.45, 7) is 0. The van der Waals surface area contributed by atoms with Gasteiger partial charge in [-0.3, -0.25) is 4.79 Å². The third-order valence-electron chi connectivity index (χ3n) is 2.50. The lowest BCUT2D eigenvalue weighted by molar-refractivity contribution is 0.101. The number of ketones is 1. The highest BCUT2D eigenvalue weighted by atomic mass is 79.9. The maximum absolute atomic E-state index is 13.9. The van der Waals surface area contributed by atoms with Gasteiger partial charge in [0.15, 0.2) is 11.6 Å². The highest BCUT2D eigenvalue weighted by Crippen LogP contribution is 2.29. The second-order valence-electron chi connectivity index (χ2n) is 3.89. The van der Waals surface area contributed by atoms with E-state index in [9.17, 15) is 9.18 Å². The van der Waals surface area contributed by atoms with Crippen molar-refractivity contribution >= 4 is 56.7 Å². The van der Waals surface area contributed by atoms with Crippen molar-refractivity contribution < 1.29 is 9.18 Å². The molecule has 0 saturated heterocycles. The number of halogens is 4. The number of carbonyl (C=O) groups excluding carboxylic acids is 1. The Labute approximate surface area is 138 Å². The van der Waals surface area contributed by atoms with Crippen molar-refractivity contribution in [1.82, 2.24) is 0 Å². The van der Waals surface area contributed by atoms with E-state index in [4.69, 9.17) is 23.2 Å². The smallest absolute Gasteiger partial charge is 0.176 e. The van der Waals surface area contributed by atoms with Gasteiger partial charge in [0.05, 0.1) is 16.3 Å². The molecule has 0 amide bonds. The lowest BCUT2D eigenvalue weighted by atomic mass is 10.1. The predicted octanol–water partition coefficient (Wildman–Crippen LogP) is 5.87. The van der Waals surface area contributed by atoms with E-state index in [0.717, 1.165) is 4.90 Å². The molecule has 0 heterocycles. The lowest BCUT2D eigenvalue weighted by Crippen LogP contribution is -2.06. The number of hydrogen-bond donors (Lipinski definition) is 0. The van der Waals surface area contributed by atoms with Crippen LogP contribution in [0.1, 0.15) is 10.4 Å². The van der Waals surface area contributed by atoms with Gasteiger partial charge in [0.25, 0.3) is 0 Å². The van der Waals surface area contributed by atoms with Gasteiger partial charge in [0, 0.05) is 14.4 Å². The van der Waals surface area contributed by atoms with E-state index in [-0.39, 0.29) is 22.1 Å². The minimum atomic E-state index is -0.697. The minimum absolute atomic E-state index is 0.00673. The van der Waals surface area contributed by atoms with Gasteiger partial charge in [-0.15, -0.1) is 11.8 Å². The maximum Gasteiger partial charge on any atom is 0.176 e. The molecule has 0 aromatic heterocycles.